The number of carbonyl (C=O) groups is 3. The molecule has 1 aromatic heterocycles. The third-order valence-electron chi connectivity index (χ3n) is 8.41. The second-order valence-electron chi connectivity index (χ2n) is 12.1. The lowest BCUT2D eigenvalue weighted by Crippen LogP contribution is -2.61. The summed E-state index contributed by atoms with van der Waals surface area (Å²) in [7, 11) is 0. The van der Waals surface area contributed by atoms with E-state index in [0.29, 0.717) is 24.9 Å². The number of anilines is 1. The number of nitrogens with zero attached hydrogens (tertiary/aromatic N) is 1. The highest BCUT2D eigenvalue weighted by molar-refractivity contribution is 5.93. The Morgan fingerprint density at radius 2 is 1.62 bits per heavy atom. The quantitative estimate of drug-likeness (QED) is 0.244. The Kier molecular flexibility index (Phi) is 8.31. The van der Waals surface area contributed by atoms with Gasteiger partial charge in [-0.3, -0.25) is 14.6 Å². The molecule has 0 atom stereocenters. The van der Waals surface area contributed by atoms with Crippen LogP contribution in [0.1, 0.15) is 64.4 Å². The van der Waals surface area contributed by atoms with Crippen LogP contribution in [0, 0.1) is 5.92 Å². The number of carbonyl (C=O) groups excluding carboxylic acids is 2. The van der Waals surface area contributed by atoms with Crippen molar-refractivity contribution in [1.82, 2.24) is 15.6 Å². The van der Waals surface area contributed by atoms with Gasteiger partial charge in [0.15, 0.2) is 0 Å². The smallest absolute Gasteiger partial charge is 0.405 e. The van der Waals surface area contributed by atoms with Crippen LogP contribution in [0.15, 0.2) is 66.9 Å². The van der Waals surface area contributed by atoms with E-state index in [-0.39, 0.29) is 23.8 Å². The Bertz CT molecular complexity index is 1440. The fourth-order valence-electron chi connectivity index (χ4n) is 6.64. The van der Waals surface area contributed by atoms with E-state index in [0.717, 1.165) is 53.6 Å². The summed E-state index contributed by atoms with van der Waals surface area (Å²) in [5.74, 6) is 0.222. The molecule has 3 aromatic rings. The summed E-state index contributed by atoms with van der Waals surface area (Å²) in [6.07, 6.45) is 5.14. The van der Waals surface area contributed by atoms with Crippen molar-refractivity contribution in [1.29, 1.82) is 0 Å². The van der Waals surface area contributed by atoms with Gasteiger partial charge in [0.2, 0.25) is 11.8 Å². The maximum absolute atomic E-state index is 13.0. The first-order valence-corrected chi connectivity index (χ1v) is 14.5. The van der Waals surface area contributed by atoms with E-state index in [1.165, 1.54) is 6.92 Å². The third-order valence-corrected chi connectivity index (χ3v) is 8.41. The normalized spacial score (nSPS) is 25.1. The zero-order valence-electron chi connectivity index (χ0n) is 24.0. The molecule has 0 bridgehead atoms. The molecule has 2 aliphatic carbocycles. The molecule has 2 aromatic carbocycles. The lowest BCUT2D eigenvalue weighted by Gasteiger charge is -2.51. The molecule has 2 saturated carbocycles. The summed E-state index contributed by atoms with van der Waals surface area (Å²) in [5, 5.41) is 28.4. The largest absolute Gasteiger partial charge is 0.465 e. The molecule has 0 spiro atoms. The average molecular weight is 571 g/mol. The molecule has 2 aliphatic rings. The topological polar surface area (TPSA) is 141 Å². The van der Waals surface area contributed by atoms with Gasteiger partial charge >= 0.3 is 6.09 Å². The van der Waals surface area contributed by atoms with Crippen molar-refractivity contribution in [3.8, 4) is 22.4 Å². The molecule has 5 rings (SSSR count). The number of pyridine rings is 1. The summed E-state index contributed by atoms with van der Waals surface area (Å²) in [5.41, 5.74) is 3.06. The molecule has 42 heavy (non-hydrogen) atoms. The van der Waals surface area contributed by atoms with Crippen LogP contribution in [0.4, 0.5) is 10.5 Å². The fraction of sp³-hybridized carbons (Fsp3) is 0.394. The number of hydrogen-bond donors (Lipinski definition) is 5. The number of rotatable bonds is 8. The van der Waals surface area contributed by atoms with Crippen molar-refractivity contribution in [3.05, 3.63) is 72.4 Å². The van der Waals surface area contributed by atoms with E-state index < -0.39 is 17.2 Å². The SMILES string of the molecule is CC(=O)N[C@H]1CC[C@H](CC(=O)Nc2cnc(-c3ccc([C@]4(NC(=O)O)C[C@@](C)(O)C4)cc3)c(-c3ccccc3)c2)CC1. The monoisotopic (exact) mass is 570 g/mol. The summed E-state index contributed by atoms with van der Waals surface area (Å²) in [6.45, 7) is 3.24. The van der Waals surface area contributed by atoms with Crippen molar-refractivity contribution in [2.45, 2.75) is 76.0 Å². The first-order valence-electron chi connectivity index (χ1n) is 14.5. The second kappa shape index (κ2) is 11.9. The Morgan fingerprint density at radius 1 is 0.952 bits per heavy atom. The van der Waals surface area contributed by atoms with Crippen LogP contribution in [-0.4, -0.2) is 44.7 Å². The first kappa shape index (κ1) is 29.3. The van der Waals surface area contributed by atoms with Gasteiger partial charge in [0, 0.05) is 43.4 Å². The number of amides is 3. The van der Waals surface area contributed by atoms with Crippen molar-refractivity contribution >= 4 is 23.6 Å². The second-order valence-corrected chi connectivity index (χ2v) is 12.1. The van der Waals surface area contributed by atoms with Gasteiger partial charge < -0.3 is 26.2 Å². The lowest BCUT2D eigenvalue weighted by atomic mass is 9.62. The number of benzene rings is 2. The Morgan fingerprint density at radius 3 is 2.21 bits per heavy atom. The minimum absolute atomic E-state index is 0.0102. The zero-order valence-corrected chi connectivity index (χ0v) is 24.0. The summed E-state index contributed by atoms with van der Waals surface area (Å²) in [6, 6.07) is 19.6. The molecule has 9 heteroatoms. The van der Waals surface area contributed by atoms with E-state index in [1.54, 1.807) is 13.1 Å². The van der Waals surface area contributed by atoms with Gasteiger partial charge in [0.25, 0.3) is 0 Å². The Labute approximate surface area is 245 Å². The van der Waals surface area contributed by atoms with Gasteiger partial charge in [-0.2, -0.15) is 0 Å². The molecule has 1 heterocycles. The van der Waals surface area contributed by atoms with Crippen LogP contribution >= 0.6 is 0 Å². The number of carboxylic acid groups (broad SMARTS) is 1. The van der Waals surface area contributed by atoms with Crippen molar-refractivity contribution in [3.63, 3.8) is 0 Å². The maximum Gasteiger partial charge on any atom is 0.405 e. The van der Waals surface area contributed by atoms with Gasteiger partial charge in [-0.05, 0) is 55.7 Å². The molecule has 3 amide bonds. The number of aromatic nitrogens is 1. The highest BCUT2D eigenvalue weighted by atomic mass is 16.4. The molecular formula is C33H38N4O5. The van der Waals surface area contributed by atoms with Crippen LogP contribution in [-0.2, 0) is 15.1 Å². The van der Waals surface area contributed by atoms with Crippen molar-refractivity contribution in [2.24, 2.45) is 5.92 Å². The number of aliphatic hydroxyl groups is 1. The van der Waals surface area contributed by atoms with Gasteiger partial charge in [0.1, 0.15) is 0 Å². The van der Waals surface area contributed by atoms with Crippen LogP contribution in [0.5, 0.6) is 0 Å². The minimum atomic E-state index is -1.13. The molecule has 0 unspecified atom stereocenters. The van der Waals surface area contributed by atoms with E-state index in [1.807, 2.05) is 60.7 Å². The summed E-state index contributed by atoms with van der Waals surface area (Å²) < 4.78 is 0. The Hall–Kier alpha value is -4.24. The molecule has 220 valence electrons. The van der Waals surface area contributed by atoms with Crippen LogP contribution in [0.25, 0.3) is 22.4 Å². The van der Waals surface area contributed by atoms with Gasteiger partial charge in [0.05, 0.1) is 28.7 Å². The van der Waals surface area contributed by atoms with Crippen molar-refractivity contribution in [2.75, 3.05) is 5.32 Å². The number of nitrogens with one attached hydrogen (secondary N) is 3. The summed E-state index contributed by atoms with van der Waals surface area (Å²) in [4.78, 5) is 40.5. The van der Waals surface area contributed by atoms with Gasteiger partial charge in [-0.1, -0.05) is 54.6 Å². The average Bonchev–Trinajstić information content (AvgIpc) is 2.93. The van der Waals surface area contributed by atoms with E-state index >= 15 is 0 Å². The molecule has 0 aliphatic heterocycles. The van der Waals surface area contributed by atoms with Crippen molar-refractivity contribution < 1.29 is 24.6 Å². The maximum atomic E-state index is 13.0. The lowest BCUT2D eigenvalue weighted by molar-refractivity contribution is -0.120. The van der Waals surface area contributed by atoms with Gasteiger partial charge in [-0.25, -0.2) is 4.79 Å². The molecule has 0 radical (unpaired) electrons. The summed E-state index contributed by atoms with van der Waals surface area (Å²) >= 11 is 0. The van der Waals surface area contributed by atoms with Crippen LogP contribution < -0.4 is 16.0 Å². The van der Waals surface area contributed by atoms with E-state index in [2.05, 4.69) is 16.0 Å². The fourth-order valence-corrected chi connectivity index (χ4v) is 6.64. The molecule has 2 fully saturated rings. The zero-order chi connectivity index (χ0) is 29.9. The number of hydrogen-bond acceptors (Lipinski definition) is 5. The highest BCUT2D eigenvalue weighted by Gasteiger charge is 2.53. The standard InChI is InChI=1S/C33H38N4O5/c1-21(38)35-26-14-8-22(9-15-26)16-29(39)36-27-17-28(23-6-4-3-5-7-23)30(34-18-27)24-10-12-25(13-11-24)33(37-31(40)41)19-32(2,42)20-33/h3-7,10-13,17-18,22,26,37,42H,8-9,14-16,19-20H2,1-2H3,(H,35,38)(H,36,39)(H,40,41)/t22-,26-,32-,33+. The highest BCUT2D eigenvalue weighted by Crippen LogP contribution is 2.48. The molecule has 0 saturated heterocycles. The third kappa shape index (κ3) is 6.79. The van der Waals surface area contributed by atoms with Crippen LogP contribution in [0.3, 0.4) is 0 Å². The van der Waals surface area contributed by atoms with E-state index in [4.69, 9.17) is 4.98 Å². The predicted octanol–water partition coefficient (Wildman–Crippen LogP) is 5.45. The van der Waals surface area contributed by atoms with Gasteiger partial charge in [-0.15, -0.1) is 0 Å². The molecule has 5 N–H and O–H groups in total. The van der Waals surface area contributed by atoms with Crippen LogP contribution in [0.2, 0.25) is 0 Å². The van der Waals surface area contributed by atoms with E-state index in [9.17, 15) is 24.6 Å². The Balaban J connectivity index is 1.34. The molecule has 9 nitrogen and oxygen atoms in total. The minimum Gasteiger partial charge on any atom is -0.465 e. The predicted molar refractivity (Wildman–Crippen MR) is 161 cm³/mol. The molecular weight excluding hydrogens is 532 g/mol. The first-order chi connectivity index (χ1) is 20.0.